The first-order valence-corrected chi connectivity index (χ1v) is 6.94. The van der Waals surface area contributed by atoms with E-state index in [9.17, 15) is 0 Å². The third-order valence-electron chi connectivity index (χ3n) is 3.57. The van der Waals surface area contributed by atoms with E-state index in [2.05, 4.69) is 19.9 Å². The molecule has 1 saturated heterocycles. The molecule has 20 heavy (non-hydrogen) atoms. The van der Waals surface area contributed by atoms with Crippen LogP contribution < -0.4 is 9.64 Å². The predicted molar refractivity (Wildman–Crippen MR) is 77.9 cm³/mol. The fourth-order valence-corrected chi connectivity index (χ4v) is 2.45. The van der Waals surface area contributed by atoms with Gasteiger partial charge in [-0.2, -0.15) is 0 Å². The van der Waals surface area contributed by atoms with Gasteiger partial charge in [0.1, 0.15) is 12.1 Å². The lowest BCUT2D eigenvalue weighted by atomic mass is 10.1. The molecule has 2 aromatic heterocycles. The van der Waals surface area contributed by atoms with E-state index in [4.69, 9.17) is 4.74 Å². The topological polar surface area (TPSA) is 51.1 Å². The Kier molecular flexibility index (Phi) is 3.76. The molecular formula is C15H18N4O. The Morgan fingerprint density at radius 2 is 1.90 bits per heavy atom. The number of piperidine rings is 1. The lowest BCUT2D eigenvalue weighted by Crippen LogP contribution is -2.30. The summed E-state index contributed by atoms with van der Waals surface area (Å²) in [6, 6.07) is 5.85. The fraction of sp³-hybridized carbons (Fsp3) is 0.400. The molecule has 0 bridgehead atoms. The van der Waals surface area contributed by atoms with Gasteiger partial charge in [0, 0.05) is 37.0 Å². The van der Waals surface area contributed by atoms with E-state index in [0.29, 0.717) is 5.88 Å². The highest BCUT2D eigenvalue weighted by Crippen LogP contribution is 2.23. The molecule has 5 heteroatoms. The van der Waals surface area contributed by atoms with Crippen molar-refractivity contribution in [1.29, 1.82) is 0 Å². The second-order valence-corrected chi connectivity index (χ2v) is 4.90. The Morgan fingerprint density at radius 3 is 2.60 bits per heavy atom. The van der Waals surface area contributed by atoms with Crippen molar-refractivity contribution in [2.75, 3.05) is 25.1 Å². The third kappa shape index (κ3) is 2.71. The van der Waals surface area contributed by atoms with Gasteiger partial charge in [0.15, 0.2) is 0 Å². The fourth-order valence-electron chi connectivity index (χ4n) is 2.45. The van der Waals surface area contributed by atoms with Crippen molar-refractivity contribution in [3.63, 3.8) is 0 Å². The summed E-state index contributed by atoms with van der Waals surface area (Å²) in [6.45, 7) is 2.16. The summed E-state index contributed by atoms with van der Waals surface area (Å²) >= 11 is 0. The van der Waals surface area contributed by atoms with Gasteiger partial charge in [0.2, 0.25) is 5.88 Å². The quantitative estimate of drug-likeness (QED) is 0.858. The van der Waals surface area contributed by atoms with Gasteiger partial charge in [-0.3, -0.25) is 0 Å². The van der Waals surface area contributed by atoms with Crippen molar-refractivity contribution in [3.05, 3.63) is 30.7 Å². The monoisotopic (exact) mass is 270 g/mol. The number of hydrogen-bond acceptors (Lipinski definition) is 5. The van der Waals surface area contributed by atoms with Gasteiger partial charge >= 0.3 is 0 Å². The number of anilines is 1. The summed E-state index contributed by atoms with van der Waals surface area (Å²) in [5.41, 5.74) is 1.88. The Balaban J connectivity index is 1.85. The van der Waals surface area contributed by atoms with Crippen molar-refractivity contribution < 1.29 is 4.74 Å². The molecule has 0 spiro atoms. The van der Waals surface area contributed by atoms with E-state index in [0.717, 1.165) is 30.2 Å². The minimum absolute atomic E-state index is 0.610. The van der Waals surface area contributed by atoms with Crippen molar-refractivity contribution in [1.82, 2.24) is 15.0 Å². The summed E-state index contributed by atoms with van der Waals surface area (Å²) in [4.78, 5) is 15.3. The Labute approximate surface area is 118 Å². The van der Waals surface area contributed by atoms with Crippen LogP contribution in [0.25, 0.3) is 11.3 Å². The molecular weight excluding hydrogens is 252 g/mol. The zero-order chi connectivity index (χ0) is 13.8. The number of pyridine rings is 1. The lowest BCUT2D eigenvalue weighted by molar-refractivity contribution is 0.398. The highest BCUT2D eigenvalue weighted by molar-refractivity contribution is 5.62. The number of rotatable bonds is 3. The molecule has 0 aromatic carbocycles. The van der Waals surface area contributed by atoms with Gasteiger partial charge < -0.3 is 9.64 Å². The van der Waals surface area contributed by atoms with E-state index >= 15 is 0 Å². The summed E-state index contributed by atoms with van der Waals surface area (Å²) in [6.07, 6.45) is 7.20. The smallest absolute Gasteiger partial charge is 0.212 e. The molecule has 3 rings (SSSR count). The normalized spacial score (nSPS) is 15.2. The second kappa shape index (κ2) is 5.86. The minimum Gasteiger partial charge on any atom is -0.481 e. The van der Waals surface area contributed by atoms with Gasteiger partial charge in [0.25, 0.3) is 0 Å². The molecule has 0 radical (unpaired) electrons. The summed E-state index contributed by atoms with van der Waals surface area (Å²) in [5.74, 6) is 1.62. The molecule has 2 aromatic rings. The van der Waals surface area contributed by atoms with Gasteiger partial charge in [-0.1, -0.05) is 0 Å². The number of nitrogens with zero attached hydrogens (tertiary/aromatic N) is 4. The van der Waals surface area contributed by atoms with Crippen LogP contribution in [-0.4, -0.2) is 35.2 Å². The maximum absolute atomic E-state index is 5.07. The van der Waals surface area contributed by atoms with Crippen LogP contribution in [0, 0.1) is 0 Å². The maximum atomic E-state index is 5.07. The largest absolute Gasteiger partial charge is 0.481 e. The van der Waals surface area contributed by atoms with Crippen LogP contribution in [0.2, 0.25) is 0 Å². The Hall–Kier alpha value is -2.17. The number of methoxy groups -OCH3 is 1. The first kappa shape index (κ1) is 12.8. The van der Waals surface area contributed by atoms with E-state index < -0.39 is 0 Å². The summed E-state index contributed by atoms with van der Waals surface area (Å²) in [5, 5.41) is 0. The first-order chi connectivity index (χ1) is 9.86. The molecule has 0 unspecified atom stereocenters. The van der Waals surface area contributed by atoms with Crippen LogP contribution >= 0.6 is 0 Å². The van der Waals surface area contributed by atoms with Crippen LogP contribution in [-0.2, 0) is 0 Å². The van der Waals surface area contributed by atoms with Crippen molar-refractivity contribution >= 4 is 5.82 Å². The first-order valence-electron chi connectivity index (χ1n) is 6.94. The Bertz CT molecular complexity index is 564. The number of hydrogen-bond donors (Lipinski definition) is 0. The van der Waals surface area contributed by atoms with Gasteiger partial charge in [-0.15, -0.1) is 0 Å². The van der Waals surface area contributed by atoms with Crippen LogP contribution in [0.3, 0.4) is 0 Å². The molecule has 0 saturated carbocycles. The highest BCUT2D eigenvalue weighted by atomic mass is 16.5. The van der Waals surface area contributed by atoms with Gasteiger partial charge in [0.05, 0.1) is 12.8 Å². The summed E-state index contributed by atoms with van der Waals surface area (Å²) in [7, 11) is 1.61. The standard InChI is InChI=1S/C15H18N4O/c1-20-15-6-5-12(10-16-15)13-9-14(18-11-17-13)19-7-3-2-4-8-19/h5-6,9-11H,2-4,7-8H2,1H3. The maximum Gasteiger partial charge on any atom is 0.212 e. The van der Waals surface area contributed by atoms with Crippen molar-refractivity contribution in [2.24, 2.45) is 0 Å². The van der Waals surface area contributed by atoms with Crippen molar-refractivity contribution in [3.8, 4) is 17.1 Å². The van der Waals surface area contributed by atoms with E-state index in [1.165, 1.54) is 19.3 Å². The molecule has 5 nitrogen and oxygen atoms in total. The molecule has 104 valence electrons. The molecule has 0 amide bonds. The van der Waals surface area contributed by atoms with Crippen LogP contribution in [0.4, 0.5) is 5.82 Å². The third-order valence-corrected chi connectivity index (χ3v) is 3.57. The van der Waals surface area contributed by atoms with E-state index in [-0.39, 0.29) is 0 Å². The Morgan fingerprint density at radius 1 is 1.05 bits per heavy atom. The second-order valence-electron chi connectivity index (χ2n) is 4.90. The highest BCUT2D eigenvalue weighted by Gasteiger charge is 2.13. The van der Waals surface area contributed by atoms with Crippen molar-refractivity contribution in [2.45, 2.75) is 19.3 Å². The number of aromatic nitrogens is 3. The lowest BCUT2D eigenvalue weighted by Gasteiger charge is -2.27. The minimum atomic E-state index is 0.610. The molecule has 0 atom stereocenters. The SMILES string of the molecule is COc1ccc(-c2cc(N3CCCCC3)ncn2)cn1. The van der Waals surface area contributed by atoms with Gasteiger partial charge in [-0.05, 0) is 25.3 Å². The molecule has 1 fully saturated rings. The summed E-state index contributed by atoms with van der Waals surface area (Å²) < 4.78 is 5.07. The van der Waals surface area contributed by atoms with Gasteiger partial charge in [-0.25, -0.2) is 15.0 Å². The van der Waals surface area contributed by atoms with Crippen LogP contribution in [0.15, 0.2) is 30.7 Å². The van der Waals surface area contributed by atoms with E-state index in [1.54, 1.807) is 19.6 Å². The molecule has 3 heterocycles. The average Bonchev–Trinajstić information content (AvgIpc) is 2.56. The van der Waals surface area contributed by atoms with E-state index in [1.807, 2.05) is 18.2 Å². The molecule has 1 aliphatic heterocycles. The molecule has 1 aliphatic rings. The zero-order valence-corrected chi connectivity index (χ0v) is 11.6. The molecule has 0 aliphatic carbocycles. The molecule has 0 N–H and O–H groups in total. The zero-order valence-electron chi connectivity index (χ0n) is 11.6. The van der Waals surface area contributed by atoms with Crippen LogP contribution in [0.5, 0.6) is 5.88 Å². The predicted octanol–water partition coefficient (Wildman–Crippen LogP) is 2.54. The number of ether oxygens (including phenoxy) is 1. The average molecular weight is 270 g/mol. The van der Waals surface area contributed by atoms with Crippen LogP contribution in [0.1, 0.15) is 19.3 Å².